The number of rotatable bonds is 6. The monoisotopic (exact) mass is 317 g/mol. The van der Waals surface area contributed by atoms with Crippen molar-refractivity contribution in [3.8, 4) is 5.75 Å². The van der Waals surface area contributed by atoms with E-state index in [1.54, 1.807) is 0 Å². The Kier molecular flexibility index (Phi) is 4.92. The maximum absolute atomic E-state index is 10.9. The van der Waals surface area contributed by atoms with Crippen molar-refractivity contribution in [3.05, 3.63) is 84.4 Å². The molecule has 0 aromatic heterocycles. The number of hydrogen-bond donors (Lipinski definition) is 0. The summed E-state index contributed by atoms with van der Waals surface area (Å²) in [6.45, 7) is 2.58. The molecule has 0 spiro atoms. The SMILES string of the molecule is CCOc1ccccc1N(c1ccccc1)c1ccc(C=O)cc1. The number of benzene rings is 3. The zero-order valence-electron chi connectivity index (χ0n) is 13.6. The Balaban J connectivity index is 2.14. The smallest absolute Gasteiger partial charge is 0.150 e. The lowest BCUT2D eigenvalue weighted by Gasteiger charge is -2.27. The molecule has 0 N–H and O–H groups in total. The zero-order chi connectivity index (χ0) is 16.8. The van der Waals surface area contributed by atoms with Crippen LogP contribution in [0, 0.1) is 0 Å². The Morgan fingerprint density at radius 2 is 1.46 bits per heavy atom. The summed E-state index contributed by atoms with van der Waals surface area (Å²) in [5, 5.41) is 0. The second-order valence-electron chi connectivity index (χ2n) is 5.28. The van der Waals surface area contributed by atoms with E-state index in [0.717, 1.165) is 29.1 Å². The van der Waals surface area contributed by atoms with Crippen molar-refractivity contribution >= 4 is 23.3 Å². The average molecular weight is 317 g/mol. The predicted molar refractivity (Wildman–Crippen MR) is 97.7 cm³/mol. The molecule has 0 fully saturated rings. The highest BCUT2D eigenvalue weighted by Gasteiger charge is 2.16. The highest BCUT2D eigenvalue weighted by atomic mass is 16.5. The van der Waals surface area contributed by atoms with Gasteiger partial charge in [-0.25, -0.2) is 0 Å². The quantitative estimate of drug-likeness (QED) is 0.573. The summed E-state index contributed by atoms with van der Waals surface area (Å²) in [5.74, 6) is 0.823. The van der Waals surface area contributed by atoms with Gasteiger partial charge in [-0.05, 0) is 55.5 Å². The fourth-order valence-electron chi connectivity index (χ4n) is 2.63. The molecule has 3 aromatic carbocycles. The first-order valence-electron chi connectivity index (χ1n) is 7.95. The first kappa shape index (κ1) is 15.8. The standard InChI is InChI=1S/C21H19NO2/c1-2-24-21-11-7-6-10-20(21)22(18-8-4-3-5-9-18)19-14-12-17(16-23)13-15-19/h3-16H,2H2,1H3. The number of anilines is 3. The fraction of sp³-hybridized carbons (Fsp3) is 0.0952. The molecule has 0 atom stereocenters. The molecule has 3 aromatic rings. The molecule has 24 heavy (non-hydrogen) atoms. The first-order valence-corrected chi connectivity index (χ1v) is 7.95. The second kappa shape index (κ2) is 7.47. The van der Waals surface area contributed by atoms with Crippen LogP contribution in [0.25, 0.3) is 0 Å². The molecule has 0 aliphatic carbocycles. The van der Waals surface area contributed by atoms with E-state index in [0.29, 0.717) is 12.2 Å². The molecule has 0 saturated carbocycles. The van der Waals surface area contributed by atoms with E-state index in [1.807, 2.05) is 73.7 Å². The summed E-state index contributed by atoms with van der Waals surface area (Å²) >= 11 is 0. The summed E-state index contributed by atoms with van der Waals surface area (Å²) in [6.07, 6.45) is 0.852. The van der Waals surface area contributed by atoms with Crippen LogP contribution in [0.4, 0.5) is 17.1 Å². The van der Waals surface area contributed by atoms with E-state index in [9.17, 15) is 4.79 Å². The van der Waals surface area contributed by atoms with E-state index < -0.39 is 0 Å². The van der Waals surface area contributed by atoms with Gasteiger partial charge in [0.2, 0.25) is 0 Å². The molecule has 0 bridgehead atoms. The number of carbonyl (C=O) groups is 1. The van der Waals surface area contributed by atoms with Crippen LogP contribution in [0.5, 0.6) is 5.75 Å². The number of ether oxygens (including phenoxy) is 1. The van der Waals surface area contributed by atoms with Gasteiger partial charge in [0.05, 0.1) is 12.3 Å². The summed E-state index contributed by atoms with van der Waals surface area (Å²) in [7, 11) is 0. The number of carbonyl (C=O) groups excluding carboxylic acids is 1. The van der Waals surface area contributed by atoms with Gasteiger partial charge in [0, 0.05) is 16.9 Å². The maximum Gasteiger partial charge on any atom is 0.150 e. The highest BCUT2D eigenvalue weighted by Crippen LogP contribution is 2.39. The zero-order valence-corrected chi connectivity index (χ0v) is 13.6. The van der Waals surface area contributed by atoms with Gasteiger partial charge in [0.25, 0.3) is 0 Å². The molecule has 0 aliphatic rings. The second-order valence-corrected chi connectivity index (χ2v) is 5.28. The minimum Gasteiger partial charge on any atom is -0.492 e. The largest absolute Gasteiger partial charge is 0.492 e. The predicted octanol–water partition coefficient (Wildman–Crippen LogP) is 5.37. The maximum atomic E-state index is 10.9. The molecule has 3 nitrogen and oxygen atoms in total. The molecule has 0 saturated heterocycles. The lowest BCUT2D eigenvalue weighted by atomic mass is 10.1. The van der Waals surface area contributed by atoms with E-state index in [-0.39, 0.29) is 0 Å². The van der Waals surface area contributed by atoms with Crippen molar-refractivity contribution < 1.29 is 9.53 Å². The topological polar surface area (TPSA) is 29.5 Å². The molecule has 3 heteroatoms. The third-order valence-corrected chi connectivity index (χ3v) is 3.71. The van der Waals surface area contributed by atoms with Crippen molar-refractivity contribution in [1.82, 2.24) is 0 Å². The van der Waals surface area contributed by atoms with Crippen LogP contribution in [0.1, 0.15) is 17.3 Å². The molecule has 3 rings (SSSR count). The molecular weight excluding hydrogens is 298 g/mol. The average Bonchev–Trinajstić information content (AvgIpc) is 2.65. The van der Waals surface area contributed by atoms with Crippen LogP contribution in [0.3, 0.4) is 0 Å². The third-order valence-electron chi connectivity index (χ3n) is 3.71. The van der Waals surface area contributed by atoms with Crippen molar-refractivity contribution in [2.45, 2.75) is 6.92 Å². The van der Waals surface area contributed by atoms with Crippen LogP contribution in [0.2, 0.25) is 0 Å². The third kappa shape index (κ3) is 3.30. The number of hydrogen-bond acceptors (Lipinski definition) is 3. The molecular formula is C21H19NO2. The Labute approximate surface area is 142 Å². The van der Waals surface area contributed by atoms with Gasteiger partial charge in [-0.15, -0.1) is 0 Å². The van der Waals surface area contributed by atoms with Crippen molar-refractivity contribution in [1.29, 1.82) is 0 Å². The van der Waals surface area contributed by atoms with Crippen molar-refractivity contribution in [3.63, 3.8) is 0 Å². The summed E-state index contributed by atoms with van der Waals surface area (Å²) in [4.78, 5) is 13.1. The van der Waals surface area contributed by atoms with Gasteiger partial charge in [0.15, 0.2) is 0 Å². The van der Waals surface area contributed by atoms with Crippen LogP contribution >= 0.6 is 0 Å². The molecule has 0 amide bonds. The number of nitrogens with zero attached hydrogens (tertiary/aromatic N) is 1. The number of para-hydroxylation sites is 3. The molecule has 0 heterocycles. The minimum atomic E-state index is 0.601. The summed E-state index contributed by atoms with van der Waals surface area (Å²) in [6, 6.07) is 25.6. The Morgan fingerprint density at radius 3 is 2.12 bits per heavy atom. The van der Waals surface area contributed by atoms with Crippen LogP contribution in [-0.2, 0) is 0 Å². The molecule has 0 radical (unpaired) electrons. The van der Waals surface area contributed by atoms with Crippen LogP contribution in [-0.4, -0.2) is 12.9 Å². The summed E-state index contributed by atoms with van der Waals surface area (Å²) < 4.78 is 5.81. The van der Waals surface area contributed by atoms with E-state index in [1.165, 1.54) is 0 Å². The first-order chi connectivity index (χ1) is 11.8. The van der Waals surface area contributed by atoms with Crippen molar-refractivity contribution in [2.24, 2.45) is 0 Å². The van der Waals surface area contributed by atoms with Crippen LogP contribution in [0.15, 0.2) is 78.9 Å². The van der Waals surface area contributed by atoms with E-state index in [4.69, 9.17) is 4.74 Å². The minimum absolute atomic E-state index is 0.601. The van der Waals surface area contributed by atoms with Gasteiger partial charge >= 0.3 is 0 Å². The van der Waals surface area contributed by atoms with Crippen LogP contribution < -0.4 is 9.64 Å². The Morgan fingerprint density at radius 1 is 0.833 bits per heavy atom. The highest BCUT2D eigenvalue weighted by molar-refractivity contribution is 5.82. The molecule has 0 unspecified atom stereocenters. The Hall–Kier alpha value is -3.07. The van der Waals surface area contributed by atoms with Crippen molar-refractivity contribution in [2.75, 3.05) is 11.5 Å². The fourth-order valence-corrected chi connectivity index (χ4v) is 2.63. The van der Waals surface area contributed by atoms with E-state index >= 15 is 0 Å². The van der Waals surface area contributed by atoms with Gasteiger partial charge in [0.1, 0.15) is 12.0 Å². The van der Waals surface area contributed by atoms with Gasteiger partial charge < -0.3 is 9.64 Å². The van der Waals surface area contributed by atoms with Gasteiger partial charge in [-0.1, -0.05) is 30.3 Å². The number of aldehydes is 1. The molecule has 120 valence electrons. The normalized spacial score (nSPS) is 10.2. The van der Waals surface area contributed by atoms with Gasteiger partial charge in [-0.2, -0.15) is 0 Å². The van der Waals surface area contributed by atoms with Gasteiger partial charge in [-0.3, -0.25) is 4.79 Å². The summed E-state index contributed by atoms with van der Waals surface area (Å²) in [5.41, 5.74) is 3.62. The lowest BCUT2D eigenvalue weighted by Crippen LogP contribution is -2.11. The lowest BCUT2D eigenvalue weighted by molar-refractivity contribution is 0.112. The molecule has 0 aliphatic heterocycles. The van der Waals surface area contributed by atoms with E-state index in [2.05, 4.69) is 17.0 Å². The Bertz CT molecular complexity index is 798.